The number of hydrogen-bond donors (Lipinski definition) is 1. The summed E-state index contributed by atoms with van der Waals surface area (Å²) in [4.78, 5) is 28.5. The van der Waals surface area contributed by atoms with Crippen molar-refractivity contribution in [2.45, 2.75) is 20.0 Å². The molecule has 1 unspecified atom stereocenters. The summed E-state index contributed by atoms with van der Waals surface area (Å²) in [5.41, 5.74) is 3.63. The number of thiazole rings is 1. The molecule has 0 aliphatic carbocycles. The summed E-state index contributed by atoms with van der Waals surface area (Å²) >= 11 is 1.41. The van der Waals surface area contributed by atoms with Crippen molar-refractivity contribution in [3.05, 3.63) is 58.9 Å². The summed E-state index contributed by atoms with van der Waals surface area (Å²) in [6.45, 7) is 3.09. The maximum atomic E-state index is 13.5. The Bertz CT molecular complexity index is 954. The zero-order valence-electron chi connectivity index (χ0n) is 13.6. The second-order valence-corrected chi connectivity index (χ2v) is 6.42. The van der Waals surface area contributed by atoms with Crippen molar-refractivity contribution < 1.29 is 18.7 Å². The van der Waals surface area contributed by atoms with Crippen LogP contribution in [0.25, 0.3) is 10.2 Å². The molecule has 1 heterocycles. The lowest BCUT2D eigenvalue weighted by molar-refractivity contribution is -0.123. The van der Waals surface area contributed by atoms with E-state index in [2.05, 4.69) is 10.3 Å². The van der Waals surface area contributed by atoms with Gasteiger partial charge in [0, 0.05) is 5.69 Å². The van der Waals surface area contributed by atoms with Gasteiger partial charge in [0.25, 0.3) is 5.91 Å². The lowest BCUT2D eigenvalue weighted by Crippen LogP contribution is -2.30. The predicted molar refractivity (Wildman–Crippen MR) is 94.3 cm³/mol. The number of esters is 1. The number of carbonyl (C=O) groups excluding carboxylic acids is 2. The Morgan fingerprint density at radius 2 is 2.04 bits per heavy atom. The number of hydrogen-bond acceptors (Lipinski definition) is 5. The molecule has 0 saturated carbocycles. The first kappa shape index (κ1) is 17.0. The Labute approximate surface area is 147 Å². The molecule has 1 atom stereocenters. The van der Waals surface area contributed by atoms with E-state index < -0.39 is 23.8 Å². The van der Waals surface area contributed by atoms with Crippen LogP contribution in [0.2, 0.25) is 0 Å². The molecule has 5 nitrogen and oxygen atoms in total. The van der Waals surface area contributed by atoms with Gasteiger partial charge in [-0.1, -0.05) is 6.07 Å². The maximum Gasteiger partial charge on any atom is 0.338 e. The average Bonchev–Trinajstić information content (AvgIpc) is 3.05. The second-order valence-electron chi connectivity index (χ2n) is 5.54. The van der Waals surface area contributed by atoms with Crippen molar-refractivity contribution in [2.75, 3.05) is 5.32 Å². The molecule has 25 heavy (non-hydrogen) atoms. The monoisotopic (exact) mass is 358 g/mol. The van der Waals surface area contributed by atoms with Crippen LogP contribution < -0.4 is 5.32 Å². The number of carbonyl (C=O) groups is 2. The van der Waals surface area contributed by atoms with E-state index in [-0.39, 0.29) is 0 Å². The third-order valence-electron chi connectivity index (χ3n) is 3.66. The number of rotatable bonds is 4. The summed E-state index contributed by atoms with van der Waals surface area (Å²) in [5, 5.41) is 2.53. The number of anilines is 1. The molecule has 0 aliphatic heterocycles. The van der Waals surface area contributed by atoms with Crippen molar-refractivity contribution in [2.24, 2.45) is 0 Å². The number of amides is 1. The normalized spacial score (nSPS) is 12.0. The zero-order valence-corrected chi connectivity index (χ0v) is 14.4. The van der Waals surface area contributed by atoms with Gasteiger partial charge in [0.05, 0.1) is 21.3 Å². The molecule has 2 aromatic carbocycles. The van der Waals surface area contributed by atoms with Gasteiger partial charge >= 0.3 is 5.97 Å². The van der Waals surface area contributed by atoms with Crippen LogP contribution in [0.5, 0.6) is 0 Å². The minimum Gasteiger partial charge on any atom is -0.449 e. The zero-order chi connectivity index (χ0) is 18.0. The van der Waals surface area contributed by atoms with Crippen molar-refractivity contribution in [1.29, 1.82) is 0 Å². The average molecular weight is 358 g/mol. The highest BCUT2D eigenvalue weighted by atomic mass is 32.1. The molecule has 0 saturated heterocycles. The van der Waals surface area contributed by atoms with Gasteiger partial charge in [-0.3, -0.25) is 4.79 Å². The van der Waals surface area contributed by atoms with E-state index in [1.807, 2.05) is 0 Å². The second kappa shape index (κ2) is 6.98. The maximum absolute atomic E-state index is 13.5. The highest BCUT2D eigenvalue weighted by molar-refractivity contribution is 7.16. The first-order valence-electron chi connectivity index (χ1n) is 7.55. The van der Waals surface area contributed by atoms with Gasteiger partial charge in [0.2, 0.25) is 0 Å². The molecule has 0 aliphatic rings. The third-order valence-corrected chi connectivity index (χ3v) is 4.45. The molecule has 7 heteroatoms. The van der Waals surface area contributed by atoms with E-state index >= 15 is 0 Å². The lowest BCUT2D eigenvalue weighted by Gasteiger charge is -2.14. The van der Waals surface area contributed by atoms with Crippen molar-refractivity contribution >= 4 is 39.1 Å². The van der Waals surface area contributed by atoms with Crippen molar-refractivity contribution in [3.8, 4) is 0 Å². The van der Waals surface area contributed by atoms with E-state index in [0.717, 1.165) is 10.2 Å². The fourth-order valence-electron chi connectivity index (χ4n) is 2.18. The molecule has 3 rings (SSSR count). The summed E-state index contributed by atoms with van der Waals surface area (Å²) in [5.74, 6) is -1.55. The van der Waals surface area contributed by atoms with Gasteiger partial charge in [0.15, 0.2) is 6.10 Å². The molecule has 128 valence electrons. The number of nitrogens with zero attached hydrogens (tertiary/aromatic N) is 1. The standard InChI is InChI=1S/C18H15FN2O3S/c1-10-3-5-13(8-14(10)19)21-17(22)11(2)24-18(23)12-4-6-15-16(7-12)25-9-20-15/h3-9,11H,1-2H3,(H,21,22). The quantitative estimate of drug-likeness (QED) is 0.718. The number of nitrogens with one attached hydrogen (secondary N) is 1. The number of benzene rings is 2. The van der Waals surface area contributed by atoms with Crippen LogP contribution in [-0.2, 0) is 9.53 Å². The van der Waals surface area contributed by atoms with E-state index in [9.17, 15) is 14.0 Å². The summed E-state index contributed by atoms with van der Waals surface area (Å²) < 4.78 is 19.6. The molecule has 0 radical (unpaired) electrons. The van der Waals surface area contributed by atoms with Crippen LogP contribution in [0.15, 0.2) is 41.9 Å². The summed E-state index contributed by atoms with van der Waals surface area (Å²) in [6, 6.07) is 9.37. The molecule has 1 amide bonds. The molecule has 1 aromatic heterocycles. The molecule has 0 fully saturated rings. The van der Waals surface area contributed by atoms with Crippen LogP contribution in [0.1, 0.15) is 22.8 Å². The molecular formula is C18H15FN2O3S. The number of halogens is 1. The van der Waals surface area contributed by atoms with Crippen LogP contribution in [0.3, 0.4) is 0 Å². The summed E-state index contributed by atoms with van der Waals surface area (Å²) in [6.07, 6.45) is -1.02. The van der Waals surface area contributed by atoms with Gasteiger partial charge in [-0.05, 0) is 49.7 Å². The van der Waals surface area contributed by atoms with E-state index in [1.165, 1.54) is 24.3 Å². The fraction of sp³-hybridized carbons (Fsp3) is 0.167. The highest BCUT2D eigenvalue weighted by Crippen LogP contribution is 2.20. The predicted octanol–water partition coefficient (Wildman–Crippen LogP) is 3.93. The topological polar surface area (TPSA) is 68.3 Å². The first-order valence-corrected chi connectivity index (χ1v) is 8.43. The van der Waals surface area contributed by atoms with Crippen LogP contribution in [-0.4, -0.2) is 23.0 Å². The largest absolute Gasteiger partial charge is 0.449 e. The number of fused-ring (bicyclic) bond motifs is 1. The van der Waals surface area contributed by atoms with Crippen LogP contribution in [0, 0.1) is 12.7 Å². The fourth-order valence-corrected chi connectivity index (χ4v) is 2.90. The number of aromatic nitrogens is 1. The van der Waals surface area contributed by atoms with E-state index in [4.69, 9.17) is 4.74 Å². The van der Waals surface area contributed by atoms with Gasteiger partial charge in [-0.25, -0.2) is 14.2 Å². The lowest BCUT2D eigenvalue weighted by atomic mass is 10.2. The molecular weight excluding hydrogens is 343 g/mol. The Kier molecular flexibility index (Phi) is 4.76. The van der Waals surface area contributed by atoms with E-state index in [0.29, 0.717) is 16.8 Å². The Morgan fingerprint density at radius 3 is 2.80 bits per heavy atom. The molecule has 0 spiro atoms. The molecule has 3 aromatic rings. The molecule has 0 bridgehead atoms. The summed E-state index contributed by atoms with van der Waals surface area (Å²) in [7, 11) is 0. The van der Waals surface area contributed by atoms with Gasteiger partial charge < -0.3 is 10.1 Å². The van der Waals surface area contributed by atoms with Crippen molar-refractivity contribution in [3.63, 3.8) is 0 Å². The van der Waals surface area contributed by atoms with E-state index in [1.54, 1.807) is 42.8 Å². The van der Waals surface area contributed by atoms with Crippen LogP contribution >= 0.6 is 11.3 Å². The Hall–Kier alpha value is -2.80. The Morgan fingerprint density at radius 1 is 1.24 bits per heavy atom. The Balaban J connectivity index is 1.65. The van der Waals surface area contributed by atoms with Gasteiger partial charge in [0.1, 0.15) is 5.82 Å². The van der Waals surface area contributed by atoms with Crippen LogP contribution in [0.4, 0.5) is 10.1 Å². The third kappa shape index (κ3) is 3.83. The van der Waals surface area contributed by atoms with Crippen molar-refractivity contribution in [1.82, 2.24) is 4.98 Å². The SMILES string of the molecule is Cc1ccc(NC(=O)C(C)OC(=O)c2ccc3ncsc3c2)cc1F. The highest BCUT2D eigenvalue weighted by Gasteiger charge is 2.19. The number of ether oxygens (including phenoxy) is 1. The minimum absolute atomic E-state index is 0.307. The molecule has 1 N–H and O–H groups in total. The first-order chi connectivity index (χ1) is 11.9. The van der Waals surface area contributed by atoms with Gasteiger partial charge in [-0.2, -0.15) is 0 Å². The smallest absolute Gasteiger partial charge is 0.338 e. The number of aryl methyl sites for hydroxylation is 1. The van der Waals surface area contributed by atoms with Gasteiger partial charge in [-0.15, -0.1) is 11.3 Å². The minimum atomic E-state index is -1.02.